The molecule has 5 heterocycles. The van der Waals surface area contributed by atoms with Crippen LogP contribution in [-0.2, 0) is 16.1 Å². The first kappa shape index (κ1) is 29.1. The topological polar surface area (TPSA) is 114 Å². The number of likely N-dealkylation sites (tertiary alicyclic amines) is 1. The molecule has 2 aliphatic carbocycles. The molecule has 0 bridgehead atoms. The molecular formula is C35H34BrN7O3. The summed E-state index contributed by atoms with van der Waals surface area (Å²) >= 11 is 3.38. The number of benzene rings is 1. The molecule has 3 fully saturated rings. The van der Waals surface area contributed by atoms with Gasteiger partial charge in [-0.25, -0.2) is 14.5 Å². The number of fused-ring (bicyclic) bond motifs is 3. The molecule has 3 atom stereocenters. The molecule has 8 rings (SSSR count). The van der Waals surface area contributed by atoms with E-state index >= 15 is 0 Å². The Bertz CT molecular complexity index is 2130. The average molecular weight is 681 g/mol. The van der Waals surface area contributed by atoms with E-state index in [0.717, 1.165) is 50.9 Å². The zero-order valence-corrected chi connectivity index (χ0v) is 27.8. The molecule has 234 valence electrons. The number of halogens is 1. The van der Waals surface area contributed by atoms with E-state index < -0.39 is 6.04 Å². The molecule has 2 amide bonds. The molecule has 1 aliphatic heterocycles. The Hall–Kier alpha value is -4.38. The van der Waals surface area contributed by atoms with Crippen molar-refractivity contribution in [1.29, 1.82) is 0 Å². The molecule has 11 heteroatoms. The van der Waals surface area contributed by atoms with Crippen LogP contribution in [0.5, 0.6) is 0 Å². The molecule has 1 aromatic carbocycles. The van der Waals surface area contributed by atoms with Crippen LogP contribution < -0.4 is 5.32 Å². The third-order valence-electron chi connectivity index (χ3n) is 10.0. The summed E-state index contributed by atoms with van der Waals surface area (Å²) in [6.07, 6.45) is 9.44. The van der Waals surface area contributed by atoms with Gasteiger partial charge in [-0.1, -0.05) is 13.0 Å². The highest BCUT2D eigenvalue weighted by molar-refractivity contribution is 9.10. The van der Waals surface area contributed by atoms with Crippen molar-refractivity contribution in [3.05, 3.63) is 75.9 Å². The van der Waals surface area contributed by atoms with Gasteiger partial charge in [-0.05, 0) is 103 Å². The predicted octanol–water partition coefficient (Wildman–Crippen LogP) is 6.22. The summed E-state index contributed by atoms with van der Waals surface area (Å²) in [5, 5.41) is 8.50. The largest absolute Gasteiger partial charge is 0.337 e. The van der Waals surface area contributed by atoms with E-state index in [-0.39, 0.29) is 35.6 Å². The Morgan fingerprint density at radius 1 is 1.04 bits per heavy atom. The number of hydrogen-bond acceptors (Lipinski definition) is 6. The van der Waals surface area contributed by atoms with E-state index in [1.165, 1.54) is 12.8 Å². The van der Waals surface area contributed by atoms with Crippen LogP contribution in [0.1, 0.15) is 72.6 Å². The summed E-state index contributed by atoms with van der Waals surface area (Å²) < 4.78 is 4.33. The van der Waals surface area contributed by atoms with Gasteiger partial charge in [0.25, 0.3) is 0 Å². The van der Waals surface area contributed by atoms with Crippen LogP contribution >= 0.6 is 15.9 Å². The number of aromatic nitrogens is 5. The molecule has 0 unspecified atom stereocenters. The molecule has 1 N–H and O–H groups in total. The Morgan fingerprint density at radius 2 is 1.85 bits per heavy atom. The smallest absolute Gasteiger partial charge is 0.248 e. The molecule has 3 aliphatic rings. The second-order valence-electron chi connectivity index (χ2n) is 13.6. The number of nitrogens with zero attached hydrogens (tertiary/aromatic N) is 6. The highest BCUT2D eigenvalue weighted by Gasteiger charge is 2.64. The number of pyridine rings is 1. The van der Waals surface area contributed by atoms with E-state index in [9.17, 15) is 14.4 Å². The monoisotopic (exact) mass is 679 g/mol. The maximum atomic E-state index is 14.1. The number of carbonyl (C=O) groups is 3. The number of amides is 2. The number of piperidine rings is 1. The van der Waals surface area contributed by atoms with Crippen molar-refractivity contribution in [3.8, 4) is 11.1 Å². The minimum absolute atomic E-state index is 0.0132. The normalized spacial score (nSPS) is 22.0. The first-order valence-corrected chi connectivity index (χ1v) is 16.5. The molecular weight excluding hydrogens is 646 g/mol. The van der Waals surface area contributed by atoms with E-state index in [0.29, 0.717) is 28.3 Å². The van der Waals surface area contributed by atoms with Crippen LogP contribution in [-0.4, -0.2) is 58.7 Å². The average Bonchev–Trinajstić information content (AvgIpc) is 3.85. The van der Waals surface area contributed by atoms with Crippen LogP contribution in [0.25, 0.3) is 27.7 Å². The van der Waals surface area contributed by atoms with Crippen molar-refractivity contribution in [2.24, 2.45) is 5.41 Å². The molecule has 1 saturated heterocycles. The van der Waals surface area contributed by atoms with Crippen molar-refractivity contribution in [2.75, 3.05) is 5.32 Å². The van der Waals surface area contributed by atoms with Gasteiger partial charge in [0.2, 0.25) is 11.8 Å². The molecule has 0 spiro atoms. The fourth-order valence-electron chi connectivity index (χ4n) is 7.27. The van der Waals surface area contributed by atoms with Gasteiger partial charge in [0.05, 0.1) is 11.2 Å². The van der Waals surface area contributed by atoms with Crippen molar-refractivity contribution < 1.29 is 14.4 Å². The summed E-state index contributed by atoms with van der Waals surface area (Å²) in [5.74, 6) is 0.575. The van der Waals surface area contributed by atoms with Crippen molar-refractivity contribution in [1.82, 2.24) is 29.0 Å². The van der Waals surface area contributed by atoms with Crippen LogP contribution in [0.15, 0.2) is 53.5 Å². The summed E-state index contributed by atoms with van der Waals surface area (Å²) in [7, 11) is 0. The lowest BCUT2D eigenvalue weighted by molar-refractivity contribution is -0.138. The van der Waals surface area contributed by atoms with Crippen molar-refractivity contribution in [3.63, 3.8) is 0 Å². The van der Waals surface area contributed by atoms with Gasteiger partial charge in [-0.2, -0.15) is 5.10 Å². The molecule has 0 radical (unpaired) electrons. The first-order valence-electron chi connectivity index (χ1n) is 15.7. The van der Waals surface area contributed by atoms with Crippen molar-refractivity contribution >= 4 is 55.9 Å². The molecule has 10 nitrogen and oxygen atoms in total. The van der Waals surface area contributed by atoms with E-state index in [2.05, 4.69) is 50.3 Å². The van der Waals surface area contributed by atoms with Gasteiger partial charge in [0.1, 0.15) is 23.0 Å². The molecule has 4 aromatic heterocycles. The molecule has 2 saturated carbocycles. The Balaban J connectivity index is 1.11. The van der Waals surface area contributed by atoms with Gasteiger partial charge >= 0.3 is 0 Å². The fourth-order valence-corrected chi connectivity index (χ4v) is 7.58. The number of Topliss-reactive ketones (excluding diaryl/α,β-unsaturated/α-hetero) is 1. The van der Waals surface area contributed by atoms with Gasteiger partial charge in [0.15, 0.2) is 11.4 Å². The lowest BCUT2D eigenvalue weighted by atomic mass is 10.0. The highest BCUT2D eigenvalue weighted by atomic mass is 79.9. The first-order chi connectivity index (χ1) is 22.0. The number of anilines is 1. The number of rotatable bonds is 7. The third-order valence-corrected chi connectivity index (χ3v) is 10.5. The standard InChI is InChI=1S/C35H34BrN7O3/c1-18-5-8-29(36)38-33(18)39-34(46)27-12-35(4)13-28(35)43(27)31(45)17-41-16-25(20(3)44)24-10-22(9-19(2)32(24)41)23-14-37-30-11-26(21-6-7-21)40-42(30)15-23/h5,8-11,14-16,21,27-28H,6-7,12-13,17H2,1-4H3,(H,38,39,46)/t27-,28+,35-/m0/s1. The quantitative estimate of drug-likeness (QED) is 0.161. The summed E-state index contributed by atoms with van der Waals surface area (Å²) in [5.41, 5.74) is 6.83. The van der Waals surface area contributed by atoms with Gasteiger partial charge in [-0.3, -0.25) is 14.4 Å². The Morgan fingerprint density at radius 3 is 2.61 bits per heavy atom. The number of carbonyl (C=O) groups excluding carboxylic acids is 3. The van der Waals surface area contributed by atoms with Crippen LogP contribution in [0, 0.1) is 19.3 Å². The summed E-state index contributed by atoms with van der Waals surface area (Å²) in [4.78, 5) is 51.4. The molecule has 46 heavy (non-hydrogen) atoms. The maximum absolute atomic E-state index is 14.1. The van der Waals surface area contributed by atoms with Gasteiger partial charge < -0.3 is 14.8 Å². The number of ketones is 1. The molecule has 5 aromatic rings. The fraction of sp³-hybridized carbons (Fsp3) is 0.371. The Kier molecular flexibility index (Phi) is 6.51. The Labute approximate surface area is 274 Å². The van der Waals surface area contributed by atoms with E-state index in [4.69, 9.17) is 5.10 Å². The van der Waals surface area contributed by atoms with Crippen molar-refractivity contribution in [2.45, 2.75) is 77.9 Å². The predicted molar refractivity (Wildman–Crippen MR) is 178 cm³/mol. The second-order valence-corrected chi connectivity index (χ2v) is 14.4. The van der Waals surface area contributed by atoms with Gasteiger partial charge in [-0.15, -0.1) is 0 Å². The third kappa shape index (κ3) is 4.83. The van der Waals surface area contributed by atoms with Crippen LogP contribution in [0.4, 0.5) is 5.82 Å². The second kappa shape index (κ2) is 10.3. The van der Waals surface area contributed by atoms with Gasteiger partial charge in [0, 0.05) is 53.1 Å². The maximum Gasteiger partial charge on any atom is 0.248 e. The highest BCUT2D eigenvalue weighted by Crippen LogP contribution is 2.59. The minimum Gasteiger partial charge on any atom is -0.337 e. The summed E-state index contributed by atoms with van der Waals surface area (Å²) in [6.45, 7) is 7.60. The zero-order valence-electron chi connectivity index (χ0n) is 26.2. The van der Waals surface area contributed by atoms with E-state index in [1.54, 1.807) is 18.0 Å². The number of nitrogens with one attached hydrogen (secondary N) is 1. The number of aryl methyl sites for hydroxylation is 2. The van der Waals surface area contributed by atoms with E-state index in [1.807, 2.05) is 53.5 Å². The van der Waals surface area contributed by atoms with Crippen LogP contribution in [0.3, 0.4) is 0 Å². The minimum atomic E-state index is -0.594. The lowest BCUT2D eigenvalue weighted by Gasteiger charge is -2.27. The SMILES string of the molecule is CC(=O)c1cn(CC(=O)N2[C@H](C(=O)Nc3nc(Br)ccc3C)C[C@@]3(C)C[C@@H]23)c2c(C)cc(-c3cnc4cc(C5CC5)nn4c3)cc12. The number of hydrogen-bond donors (Lipinski definition) is 1. The van der Waals surface area contributed by atoms with Crippen LogP contribution in [0.2, 0.25) is 0 Å². The zero-order chi connectivity index (χ0) is 32.1. The summed E-state index contributed by atoms with van der Waals surface area (Å²) in [6, 6.07) is 9.26. The lowest BCUT2D eigenvalue weighted by Crippen LogP contribution is -2.46.